The van der Waals surface area contributed by atoms with Crippen LogP contribution in [0.15, 0.2) is 30.3 Å². The van der Waals surface area contributed by atoms with Crippen LogP contribution in [0.5, 0.6) is 0 Å². The minimum atomic E-state index is -0.253. The maximum absolute atomic E-state index is 12.0. The summed E-state index contributed by atoms with van der Waals surface area (Å²) >= 11 is 0. The molecule has 21 heavy (non-hydrogen) atoms. The fourth-order valence-corrected chi connectivity index (χ4v) is 1.84. The standard InChI is InChI=1S/C15H24N4O2/c1-19(2)15(21)18-9-8-17-14(20)13(11-16)10-12-6-4-3-5-7-12/h3-7,13H,8-11,16H2,1-2H3,(H,17,20)(H,18,21). The first-order valence-corrected chi connectivity index (χ1v) is 7.01. The normalized spacial score (nSPS) is 11.6. The van der Waals surface area contributed by atoms with Gasteiger partial charge in [-0.1, -0.05) is 30.3 Å². The number of amides is 3. The maximum Gasteiger partial charge on any atom is 0.316 e. The summed E-state index contributed by atoms with van der Waals surface area (Å²) in [4.78, 5) is 24.8. The smallest absolute Gasteiger partial charge is 0.316 e. The number of rotatable bonds is 7. The first-order chi connectivity index (χ1) is 10.0. The van der Waals surface area contributed by atoms with Crippen molar-refractivity contribution in [2.24, 2.45) is 11.7 Å². The third-order valence-electron chi connectivity index (χ3n) is 3.09. The van der Waals surface area contributed by atoms with Crippen molar-refractivity contribution in [3.63, 3.8) is 0 Å². The van der Waals surface area contributed by atoms with E-state index in [4.69, 9.17) is 5.73 Å². The summed E-state index contributed by atoms with van der Waals surface area (Å²) in [6.07, 6.45) is 0.618. The van der Waals surface area contributed by atoms with Gasteiger partial charge in [0.25, 0.3) is 0 Å². The number of carbonyl (C=O) groups is 2. The van der Waals surface area contributed by atoms with Gasteiger partial charge in [-0.25, -0.2) is 4.79 Å². The number of nitrogens with two attached hydrogens (primary N) is 1. The molecule has 1 rings (SSSR count). The minimum Gasteiger partial charge on any atom is -0.354 e. The third kappa shape index (κ3) is 6.27. The Labute approximate surface area is 125 Å². The Morgan fingerprint density at radius 2 is 1.76 bits per heavy atom. The second-order valence-corrected chi connectivity index (χ2v) is 5.04. The van der Waals surface area contributed by atoms with E-state index in [1.165, 1.54) is 4.90 Å². The highest BCUT2D eigenvalue weighted by Gasteiger charge is 2.16. The largest absolute Gasteiger partial charge is 0.354 e. The summed E-state index contributed by atoms with van der Waals surface area (Å²) in [5.74, 6) is -0.336. The summed E-state index contributed by atoms with van der Waals surface area (Å²) < 4.78 is 0. The molecule has 1 aromatic rings. The van der Waals surface area contributed by atoms with Gasteiger partial charge in [0.1, 0.15) is 0 Å². The van der Waals surface area contributed by atoms with Gasteiger partial charge in [0.2, 0.25) is 5.91 Å². The molecule has 116 valence electrons. The molecule has 0 aliphatic carbocycles. The third-order valence-corrected chi connectivity index (χ3v) is 3.09. The number of hydrogen-bond acceptors (Lipinski definition) is 3. The predicted octanol–water partition coefficient (Wildman–Crippen LogP) is 0.191. The highest BCUT2D eigenvalue weighted by Crippen LogP contribution is 2.07. The van der Waals surface area contributed by atoms with Crippen molar-refractivity contribution in [3.8, 4) is 0 Å². The van der Waals surface area contributed by atoms with E-state index < -0.39 is 0 Å². The first-order valence-electron chi connectivity index (χ1n) is 7.01. The zero-order valence-corrected chi connectivity index (χ0v) is 12.6. The Morgan fingerprint density at radius 1 is 1.14 bits per heavy atom. The van der Waals surface area contributed by atoms with Crippen molar-refractivity contribution in [2.45, 2.75) is 6.42 Å². The second kappa shape index (κ2) is 8.97. The Kier molecular flexibility index (Phi) is 7.25. The second-order valence-electron chi connectivity index (χ2n) is 5.04. The van der Waals surface area contributed by atoms with E-state index in [2.05, 4.69) is 10.6 Å². The molecule has 4 N–H and O–H groups in total. The van der Waals surface area contributed by atoms with Crippen LogP contribution >= 0.6 is 0 Å². The zero-order valence-electron chi connectivity index (χ0n) is 12.6. The van der Waals surface area contributed by atoms with Crippen LogP contribution in [0.1, 0.15) is 5.56 Å². The minimum absolute atomic E-state index is 0.0829. The number of carbonyl (C=O) groups excluding carboxylic acids is 2. The van der Waals surface area contributed by atoms with Gasteiger partial charge in [0, 0.05) is 33.7 Å². The Bertz CT molecular complexity index is 448. The molecule has 1 aromatic carbocycles. The lowest BCUT2D eigenvalue weighted by Crippen LogP contribution is -2.42. The number of hydrogen-bond donors (Lipinski definition) is 3. The van der Waals surface area contributed by atoms with Gasteiger partial charge in [0.05, 0.1) is 5.92 Å². The van der Waals surface area contributed by atoms with Crippen LogP contribution in [0.2, 0.25) is 0 Å². The van der Waals surface area contributed by atoms with E-state index in [0.29, 0.717) is 26.1 Å². The SMILES string of the molecule is CN(C)C(=O)NCCNC(=O)C(CN)Cc1ccccc1. The van der Waals surface area contributed by atoms with Crippen LogP contribution < -0.4 is 16.4 Å². The highest BCUT2D eigenvalue weighted by molar-refractivity contribution is 5.79. The van der Waals surface area contributed by atoms with Gasteiger partial charge in [-0.05, 0) is 12.0 Å². The van der Waals surface area contributed by atoms with E-state index in [1.54, 1.807) is 14.1 Å². The van der Waals surface area contributed by atoms with Gasteiger partial charge >= 0.3 is 6.03 Å². The summed E-state index contributed by atoms with van der Waals surface area (Å²) in [6.45, 7) is 1.08. The fraction of sp³-hybridized carbons (Fsp3) is 0.467. The lowest BCUT2D eigenvalue weighted by atomic mass is 9.98. The van der Waals surface area contributed by atoms with Crippen molar-refractivity contribution in [1.82, 2.24) is 15.5 Å². The van der Waals surface area contributed by atoms with Gasteiger partial charge in [-0.3, -0.25) is 4.79 Å². The Morgan fingerprint density at radius 3 is 2.33 bits per heavy atom. The van der Waals surface area contributed by atoms with Crippen molar-refractivity contribution in [1.29, 1.82) is 0 Å². The van der Waals surface area contributed by atoms with Crippen LogP contribution in [0.4, 0.5) is 4.79 Å². The molecule has 1 atom stereocenters. The average Bonchev–Trinajstić information content (AvgIpc) is 2.49. The monoisotopic (exact) mass is 292 g/mol. The van der Waals surface area contributed by atoms with E-state index in [-0.39, 0.29) is 17.9 Å². The molecule has 0 heterocycles. The topological polar surface area (TPSA) is 87.5 Å². The van der Waals surface area contributed by atoms with Gasteiger partial charge < -0.3 is 21.3 Å². The van der Waals surface area contributed by atoms with Gasteiger partial charge in [0.15, 0.2) is 0 Å². The molecule has 1 unspecified atom stereocenters. The Hall–Kier alpha value is -2.08. The van der Waals surface area contributed by atoms with Gasteiger partial charge in [-0.2, -0.15) is 0 Å². The Balaban J connectivity index is 2.33. The summed E-state index contributed by atoms with van der Waals surface area (Å²) in [5, 5.41) is 5.48. The molecule has 0 aliphatic rings. The molecule has 0 aliphatic heterocycles. The van der Waals surface area contributed by atoms with Crippen LogP contribution in [0.3, 0.4) is 0 Å². The summed E-state index contributed by atoms with van der Waals surface area (Å²) in [7, 11) is 3.33. The first kappa shape index (κ1) is 17.0. The molecule has 0 bridgehead atoms. The quantitative estimate of drug-likeness (QED) is 0.627. The molecule has 0 saturated carbocycles. The van der Waals surface area contributed by atoms with E-state index in [9.17, 15) is 9.59 Å². The molecule has 0 aromatic heterocycles. The summed E-state index contributed by atoms with van der Waals surface area (Å²) in [6, 6.07) is 9.60. The van der Waals surface area contributed by atoms with Gasteiger partial charge in [-0.15, -0.1) is 0 Å². The maximum atomic E-state index is 12.0. The molecule has 0 radical (unpaired) electrons. The van der Waals surface area contributed by atoms with E-state index in [0.717, 1.165) is 5.56 Å². The molecular formula is C15H24N4O2. The highest BCUT2D eigenvalue weighted by atomic mass is 16.2. The van der Waals surface area contributed by atoms with E-state index in [1.807, 2.05) is 30.3 Å². The molecule has 0 fully saturated rings. The van der Waals surface area contributed by atoms with Crippen molar-refractivity contribution < 1.29 is 9.59 Å². The zero-order chi connectivity index (χ0) is 15.7. The average molecular weight is 292 g/mol. The van der Waals surface area contributed by atoms with E-state index >= 15 is 0 Å². The predicted molar refractivity (Wildman–Crippen MR) is 82.8 cm³/mol. The van der Waals surface area contributed by atoms with Crippen LogP contribution in [-0.2, 0) is 11.2 Å². The molecule has 6 nitrogen and oxygen atoms in total. The number of benzene rings is 1. The molecule has 6 heteroatoms. The van der Waals surface area contributed by atoms with Crippen molar-refractivity contribution in [2.75, 3.05) is 33.7 Å². The van der Waals surface area contributed by atoms with Crippen LogP contribution in [-0.4, -0.2) is 50.6 Å². The fourth-order valence-electron chi connectivity index (χ4n) is 1.84. The molecule has 0 spiro atoms. The molecular weight excluding hydrogens is 268 g/mol. The number of urea groups is 1. The lowest BCUT2D eigenvalue weighted by molar-refractivity contribution is -0.124. The molecule has 0 saturated heterocycles. The van der Waals surface area contributed by atoms with Crippen molar-refractivity contribution >= 4 is 11.9 Å². The number of nitrogens with one attached hydrogen (secondary N) is 2. The van der Waals surface area contributed by atoms with Crippen molar-refractivity contribution in [3.05, 3.63) is 35.9 Å². The number of nitrogens with zero attached hydrogens (tertiary/aromatic N) is 1. The van der Waals surface area contributed by atoms with Crippen LogP contribution in [0.25, 0.3) is 0 Å². The summed E-state index contributed by atoms with van der Waals surface area (Å²) in [5.41, 5.74) is 6.76. The van der Waals surface area contributed by atoms with Crippen LogP contribution in [0, 0.1) is 5.92 Å². The lowest BCUT2D eigenvalue weighted by Gasteiger charge is -2.16. The molecule has 3 amide bonds.